The van der Waals surface area contributed by atoms with E-state index in [2.05, 4.69) is 0 Å². The van der Waals surface area contributed by atoms with Gasteiger partial charge in [-0.3, -0.25) is 13.8 Å². The molecule has 0 radical (unpaired) electrons. The Kier molecular flexibility index (Phi) is 7.08. The summed E-state index contributed by atoms with van der Waals surface area (Å²) < 4.78 is 16.9. The van der Waals surface area contributed by atoms with Gasteiger partial charge < -0.3 is 9.84 Å². The average Bonchev–Trinajstić information content (AvgIpc) is 2.38. The summed E-state index contributed by atoms with van der Waals surface area (Å²) in [6, 6.07) is 9.37. The van der Waals surface area contributed by atoms with E-state index in [1.165, 1.54) is 0 Å². The van der Waals surface area contributed by atoms with E-state index < -0.39 is 28.0 Å². The Morgan fingerprint density at radius 1 is 1.24 bits per heavy atom. The zero-order chi connectivity index (χ0) is 15.8. The molecule has 1 aromatic rings. The highest BCUT2D eigenvalue weighted by Gasteiger charge is 2.27. The van der Waals surface area contributed by atoms with Crippen LogP contribution >= 0.6 is 0 Å². The van der Waals surface area contributed by atoms with E-state index >= 15 is 0 Å². The quantitative estimate of drug-likeness (QED) is 0.740. The van der Waals surface area contributed by atoms with E-state index in [0.717, 1.165) is 5.56 Å². The molecule has 2 unspecified atom stereocenters. The maximum Gasteiger partial charge on any atom is 0.319 e. The molecule has 6 heteroatoms. The number of benzene rings is 1. The van der Waals surface area contributed by atoms with E-state index in [1.807, 2.05) is 30.3 Å². The largest absolute Gasteiger partial charge is 0.480 e. The molecule has 0 aliphatic carbocycles. The minimum Gasteiger partial charge on any atom is -0.480 e. The van der Waals surface area contributed by atoms with Crippen LogP contribution in [0.15, 0.2) is 30.3 Å². The number of carbonyl (C=O) groups excluding carboxylic acids is 1. The number of aryl methyl sites for hydroxylation is 1. The number of carbonyl (C=O) groups is 2. The first-order valence-electron chi connectivity index (χ1n) is 6.73. The van der Waals surface area contributed by atoms with Crippen LogP contribution in [0, 0.1) is 0 Å². The third-order valence-electron chi connectivity index (χ3n) is 2.76. The molecular formula is C15H20O5S. The van der Waals surface area contributed by atoms with Gasteiger partial charge in [-0.2, -0.15) is 0 Å². The molecule has 21 heavy (non-hydrogen) atoms. The molecule has 0 saturated heterocycles. The minimum absolute atomic E-state index is 0.223. The topological polar surface area (TPSA) is 80.7 Å². The normalized spacial score (nSPS) is 13.7. The van der Waals surface area contributed by atoms with Crippen molar-refractivity contribution < 1.29 is 23.6 Å². The van der Waals surface area contributed by atoms with Gasteiger partial charge in [0.15, 0.2) is 0 Å². The van der Waals surface area contributed by atoms with Crippen molar-refractivity contribution in [2.45, 2.75) is 38.0 Å². The van der Waals surface area contributed by atoms with Crippen LogP contribution in [0.3, 0.4) is 0 Å². The van der Waals surface area contributed by atoms with E-state index in [0.29, 0.717) is 6.42 Å². The number of ether oxygens (including phenoxy) is 1. The van der Waals surface area contributed by atoms with Gasteiger partial charge in [0, 0.05) is 10.8 Å². The molecule has 116 valence electrons. The number of aliphatic carboxylic acids is 1. The molecule has 0 bridgehead atoms. The fourth-order valence-electron chi connectivity index (χ4n) is 1.82. The van der Waals surface area contributed by atoms with Crippen LogP contribution in [0.25, 0.3) is 0 Å². The lowest BCUT2D eigenvalue weighted by Gasteiger charge is -2.13. The van der Waals surface area contributed by atoms with Crippen LogP contribution in [0.5, 0.6) is 0 Å². The highest BCUT2D eigenvalue weighted by molar-refractivity contribution is 7.87. The van der Waals surface area contributed by atoms with Gasteiger partial charge in [0.05, 0.1) is 6.10 Å². The zero-order valence-corrected chi connectivity index (χ0v) is 13.0. The number of hydrogen-bond donors (Lipinski definition) is 1. The second-order valence-corrected chi connectivity index (χ2v) is 6.53. The van der Waals surface area contributed by atoms with Crippen molar-refractivity contribution >= 4 is 22.7 Å². The summed E-state index contributed by atoms with van der Waals surface area (Å²) in [6.07, 6.45) is 0.422. The second kappa shape index (κ2) is 8.56. The Balaban J connectivity index is 2.58. The molecular weight excluding hydrogens is 292 g/mol. The van der Waals surface area contributed by atoms with E-state index in [1.54, 1.807) is 13.8 Å². The summed E-state index contributed by atoms with van der Waals surface area (Å²) in [4.78, 5) is 22.7. The predicted octanol–water partition coefficient (Wildman–Crippen LogP) is 1.77. The lowest BCUT2D eigenvalue weighted by atomic mass is 10.1. The molecule has 0 aliphatic heterocycles. The van der Waals surface area contributed by atoms with Crippen molar-refractivity contribution in [3.05, 3.63) is 35.9 Å². The lowest BCUT2D eigenvalue weighted by Crippen LogP contribution is -2.31. The Bertz CT molecular complexity index is 498. The van der Waals surface area contributed by atoms with Crippen LogP contribution in [0.2, 0.25) is 0 Å². The molecule has 0 amide bonds. The number of rotatable bonds is 8. The van der Waals surface area contributed by atoms with Crippen LogP contribution in [-0.4, -0.2) is 38.4 Å². The van der Waals surface area contributed by atoms with Gasteiger partial charge in [-0.1, -0.05) is 30.3 Å². The van der Waals surface area contributed by atoms with Crippen molar-refractivity contribution in [1.82, 2.24) is 0 Å². The van der Waals surface area contributed by atoms with Crippen LogP contribution in [0.4, 0.5) is 0 Å². The van der Waals surface area contributed by atoms with Crippen LogP contribution in [0.1, 0.15) is 25.8 Å². The molecule has 1 rings (SSSR count). The fourth-order valence-corrected chi connectivity index (χ4v) is 2.93. The zero-order valence-electron chi connectivity index (χ0n) is 12.2. The molecule has 0 aliphatic rings. The Labute approximate surface area is 126 Å². The van der Waals surface area contributed by atoms with E-state index in [-0.39, 0.29) is 18.3 Å². The summed E-state index contributed by atoms with van der Waals surface area (Å²) in [7, 11) is -1.78. The molecule has 0 fully saturated rings. The molecule has 2 atom stereocenters. The van der Waals surface area contributed by atoms with Crippen molar-refractivity contribution in [2.75, 3.05) is 5.75 Å². The van der Waals surface area contributed by atoms with Crippen molar-refractivity contribution in [3.63, 3.8) is 0 Å². The minimum atomic E-state index is -1.78. The number of carboxylic acid groups (broad SMARTS) is 1. The van der Waals surface area contributed by atoms with Crippen molar-refractivity contribution in [3.8, 4) is 0 Å². The molecule has 1 aromatic carbocycles. The summed E-state index contributed by atoms with van der Waals surface area (Å²) in [5.41, 5.74) is 0.977. The van der Waals surface area contributed by atoms with Crippen LogP contribution < -0.4 is 0 Å². The summed E-state index contributed by atoms with van der Waals surface area (Å²) in [6.45, 7) is 3.37. The fraction of sp³-hybridized carbons (Fsp3) is 0.467. The van der Waals surface area contributed by atoms with E-state index in [9.17, 15) is 18.9 Å². The lowest BCUT2D eigenvalue weighted by molar-refractivity contribution is -0.144. The third-order valence-corrected chi connectivity index (χ3v) is 4.35. The van der Waals surface area contributed by atoms with Gasteiger partial charge in [-0.25, -0.2) is 0 Å². The third kappa shape index (κ3) is 6.53. The van der Waals surface area contributed by atoms with Crippen LogP contribution in [-0.2, 0) is 31.5 Å². The Morgan fingerprint density at radius 3 is 2.38 bits per heavy atom. The highest BCUT2D eigenvalue weighted by Crippen LogP contribution is 2.10. The predicted molar refractivity (Wildman–Crippen MR) is 80.4 cm³/mol. The molecule has 0 aromatic heterocycles. The highest BCUT2D eigenvalue weighted by atomic mass is 32.2. The van der Waals surface area contributed by atoms with Crippen molar-refractivity contribution in [2.24, 2.45) is 0 Å². The van der Waals surface area contributed by atoms with Gasteiger partial charge >= 0.3 is 11.9 Å². The summed E-state index contributed by atoms with van der Waals surface area (Å²) >= 11 is 0. The summed E-state index contributed by atoms with van der Waals surface area (Å²) in [5, 5.41) is 8.11. The van der Waals surface area contributed by atoms with Crippen molar-refractivity contribution in [1.29, 1.82) is 0 Å². The van der Waals surface area contributed by atoms with Gasteiger partial charge in [0.2, 0.25) is 0 Å². The average molecular weight is 312 g/mol. The standard InChI is InChI=1S/C15H20O5S/c1-11(2)20-14(16)10-21(19)13(15(17)18)9-8-12-6-4-3-5-7-12/h3-7,11,13H,8-10H2,1-2H3,(H,17,18). The molecule has 0 spiro atoms. The maximum atomic E-state index is 12.0. The maximum absolute atomic E-state index is 12.0. The van der Waals surface area contributed by atoms with E-state index in [4.69, 9.17) is 4.74 Å². The smallest absolute Gasteiger partial charge is 0.319 e. The number of esters is 1. The van der Waals surface area contributed by atoms with Gasteiger partial charge in [0.25, 0.3) is 0 Å². The van der Waals surface area contributed by atoms with Gasteiger partial charge in [-0.05, 0) is 32.3 Å². The monoisotopic (exact) mass is 312 g/mol. The molecule has 0 saturated carbocycles. The van der Waals surface area contributed by atoms with Gasteiger partial charge in [-0.15, -0.1) is 0 Å². The summed E-state index contributed by atoms with van der Waals surface area (Å²) in [5.74, 6) is -2.17. The molecule has 0 heterocycles. The Hall–Kier alpha value is -1.69. The molecule has 1 N–H and O–H groups in total. The first kappa shape index (κ1) is 17.4. The first-order valence-corrected chi connectivity index (χ1v) is 8.11. The Morgan fingerprint density at radius 2 is 1.86 bits per heavy atom. The molecule has 5 nitrogen and oxygen atoms in total. The first-order chi connectivity index (χ1) is 9.90. The van der Waals surface area contributed by atoms with Gasteiger partial charge in [0.1, 0.15) is 11.0 Å². The number of carboxylic acids is 1. The SMILES string of the molecule is CC(C)OC(=O)CS(=O)C(CCc1ccccc1)C(=O)O. The number of hydrogen-bond acceptors (Lipinski definition) is 4. The second-order valence-electron chi connectivity index (χ2n) is 4.91.